The molecule has 122 valence electrons. The Labute approximate surface area is 139 Å². The highest BCUT2D eigenvalue weighted by atomic mass is 16.4. The number of carboxylic acids is 1. The molecular formula is C18H18N4O2. The lowest BCUT2D eigenvalue weighted by Crippen LogP contribution is -2.24. The summed E-state index contributed by atoms with van der Waals surface area (Å²) in [5.74, 6) is -0.353. The van der Waals surface area contributed by atoms with Crippen molar-refractivity contribution in [3.8, 4) is 0 Å². The van der Waals surface area contributed by atoms with Crippen LogP contribution in [-0.2, 0) is 24.1 Å². The largest absolute Gasteiger partial charge is 0.480 e. The van der Waals surface area contributed by atoms with Crippen molar-refractivity contribution in [2.45, 2.75) is 25.3 Å². The maximum atomic E-state index is 11.7. The highest BCUT2D eigenvalue weighted by Crippen LogP contribution is 2.16. The summed E-state index contributed by atoms with van der Waals surface area (Å²) in [7, 11) is 0. The Hall–Kier alpha value is -3.02. The van der Waals surface area contributed by atoms with Crippen molar-refractivity contribution in [1.82, 2.24) is 20.2 Å². The first-order valence-electron chi connectivity index (χ1n) is 7.81. The molecule has 24 heavy (non-hydrogen) atoms. The monoisotopic (exact) mass is 322 g/mol. The first-order chi connectivity index (χ1) is 11.7. The van der Waals surface area contributed by atoms with Crippen LogP contribution in [0.4, 0.5) is 0 Å². The van der Waals surface area contributed by atoms with E-state index in [4.69, 9.17) is 0 Å². The summed E-state index contributed by atoms with van der Waals surface area (Å²) >= 11 is 0. The molecule has 1 heterocycles. The van der Waals surface area contributed by atoms with E-state index >= 15 is 0 Å². The summed E-state index contributed by atoms with van der Waals surface area (Å²) in [6, 6.07) is 18.7. The Morgan fingerprint density at radius 1 is 0.958 bits per heavy atom. The zero-order valence-corrected chi connectivity index (χ0v) is 13.1. The highest BCUT2D eigenvalue weighted by Gasteiger charge is 2.24. The zero-order valence-electron chi connectivity index (χ0n) is 13.1. The molecule has 1 unspecified atom stereocenters. The van der Waals surface area contributed by atoms with Crippen LogP contribution in [0.2, 0.25) is 0 Å². The number of carboxylic acid groups (broad SMARTS) is 1. The maximum Gasteiger partial charge on any atom is 0.328 e. The van der Waals surface area contributed by atoms with Crippen LogP contribution < -0.4 is 0 Å². The molecular weight excluding hydrogens is 304 g/mol. The summed E-state index contributed by atoms with van der Waals surface area (Å²) in [5.41, 5.74) is 2.11. The van der Waals surface area contributed by atoms with Gasteiger partial charge in [0.15, 0.2) is 11.9 Å². The molecule has 6 heteroatoms. The first-order valence-corrected chi connectivity index (χ1v) is 7.81. The minimum Gasteiger partial charge on any atom is -0.480 e. The van der Waals surface area contributed by atoms with Gasteiger partial charge in [0.1, 0.15) is 0 Å². The molecule has 6 nitrogen and oxygen atoms in total. The van der Waals surface area contributed by atoms with Crippen LogP contribution in [-0.4, -0.2) is 31.3 Å². The molecule has 0 spiro atoms. The van der Waals surface area contributed by atoms with E-state index in [1.54, 1.807) is 0 Å². The first kappa shape index (κ1) is 15.9. The molecule has 0 aliphatic rings. The minimum atomic E-state index is -0.938. The second kappa shape index (κ2) is 7.50. The molecule has 0 saturated heterocycles. The van der Waals surface area contributed by atoms with Crippen LogP contribution in [0.5, 0.6) is 0 Å². The highest BCUT2D eigenvalue weighted by molar-refractivity contribution is 5.72. The molecule has 0 amide bonds. The van der Waals surface area contributed by atoms with E-state index in [2.05, 4.69) is 15.5 Å². The molecule has 1 aromatic heterocycles. The third-order valence-corrected chi connectivity index (χ3v) is 3.89. The van der Waals surface area contributed by atoms with Gasteiger partial charge in [0.2, 0.25) is 0 Å². The fourth-order valence-electron chi connectivity index (χ4n) is 2.64. The van der Waals surface area contributed by atoms with Gasteiger partial charge in [-0.2, -0.15) is 0 Å². The molecule has 1 atom stereocenters. The van der Waals surface area contributed by atoms with E-state index < -0.39 is 12.0 Å². The summed E-state index contributed by atoms with van der Waals surface area (Å²) < 4.78 is 1.43. The predicted molar refractivity (Wildman–Crippen MR) is 88.5 cm³/mol. The van der Waals surface area contributed by atoms with Crippen molar-refractivity contribution in [3.63, 3.8) is 0 Å². The molecule has 3 rings (SSSR count). The van der Waals surface area contributed by atoms with E-state index in [0.29, 0.717) is 18.7 Å². The van der Waals surface area contributed by atoms with Crippen LogP contribution in [0.15, 0.2) is 60.7 Å². The Morgan fingerprint density at radius 3 is 2.21 bits per heavy atom. The van der Waals surface area contributed by atoms with Gasteiger partial charge in [-0.05, 0) is 28.0 Å². The number of tetrazole rings is 1. The molecule has 0 fully saturated rings. The molecule has 1 N–H and O–H groups in total. The van der Waals surface area contributed by atoms with E-state index in [-0.39, 0.29) is 0 Å². The fraction of sp³-hybridized carbons (Fsp3) is 0.222. The van der Waals surface area contributed by atoms with Crippen molar-refractivity contribution in [2.75, 3.05) is 0 Å². The van der Waals surface area contributed by atoms with Crippen molar-refractivity contribution in [2.24, 2.45) is 0 Å². The molecule has 0 saturated carbocycles. The number of carbonyl (C=O) groups is 1. The van der Waals surface area contributed by atoms with Crippen LogP contribution in [0.1, 0.15) is 23.0 Å². The maximum absolute atomic E-state index is 11.7. The van der Waals surface area contributed by atoms with E-state index in [9.17, 15) is 9.90 Å². The number of hydrogen-bond donors (Lipinski definition) is 1. The molecule has 2 aromatic carbocycles. The summed E-state index contributed by atoms with van der Waals surface area (Å²) in [5, 5.41) is 21.2. The quantitative estimate of drug-likeness (QED) is 0.722. The van der Waals surface area contributed by atoms with Gasteiger partial charge in [0.05, 0.1) is 0 Å². The average Bonchev–Trinajstić information content (AvgIpc) is 3.07. The second-order valence-electron chi connectivity index (χ2n) is 5.57. The summed E-state index contributed by atoms with van der Waals surface area (Å²) in [6.07, 6.45) is 1.70. The number of benzene rings is 2. The minimum absolute atomic E-state index is 0.347. The van der Waals surface area contributed by atoms with Crippen molar-refractivity contribution < 1.29 is 9.90 Å². The lowest BCUT2D eigenvalue weighted by Gasteiger charge is -2.14. The van der Waals surface area contributed by atoms with Gasteiger partial charge in [-0.25, -0.2) is 9.48 Å². The lowest BCUT2D eigenvalue weighted by molar-refractivity contribution is -0.141. The number of nitrogens with zero attached hydrogens (tertiary/aromatic N) is 4. The van der Waals surface area contributed by atoms with E-state index in [1.165, 1.54) is 10.2 Å². The zero-order chi connectivity index (χ0) is 16.8. The third-order valence-electron chi connectivity index (χ3n) is 3.89. The van der Waals surface area contributed by atoms with Crippen LogP contribution in [0, 0.1) is 0 Å². The smallest absolute Gasteiger partial charge is 0.328 e. The Balaban J connectivity index is 1.77. The van der Waals surface area contributed by atoms with Gasteiger partial charge in [-0.1, -0.05) is 60.7 Å². The van der Waals surface area contributed by atoms with Crippen molar-refractivity contribution in [3.05, 3.63) is 77.6 Å². The molecule has 0 radical (unpaired) electrons. The van der Waals surface area contributed by atoms with Gasteiger partial charge in [-0.3, -0.25) is 0 Å². The second-order valence-corrected chi connectivity index (χ2v) is 5.57. The van der Waals surface area contributed by atoms with Crippen LogP contribution in [0.3, 0.4) is 0 Å². The predicted octanol–water partition coefficient (Wildman–Crippen LogP) is 2.33. The number of aromatic nitrogens is 4. The van der Waals surface area contributed by atoms with Crippen molar-refractivity contribution in [1.29, 1.82) is 0 Å². The summed E-state index contributed by atoms with van der Waals surface area (Å²) in [4.78, 5) is 11.7. The van der Waals surface area contributed by atoms with Gasteiger partial charge >= 0.3 is 5.97 Å². The van der Waals surface area contributed by atoms with Crippen LogP contribution >= 0.6 is 0 Å². The number of hydrogen-bond acceptors (Lipinski definition) is 4. The molecule has 3 aromatic rings. The van der Waals surface area contributed by atoms with Gasteiger partial charge in [-0.15, -0.1) is 5.10 Å². The molecule has 0 aliphatic carbocycles. The van der Waals surface area contributed by atoms with Gasteiger partial charge in [0, 0.05) is 12.8 Å². The van der Waals surface area contributed by atoms with Crippen molar-refractivity contribution >= 4 is 5.97 Å². The Kier molecular flexibility index (Phi) is 4.96. The number of aryl methyl sites for hydroxylation is 2. The number of aliphatic carboxylic acids is 1. The van der Waals surface area contributed by atoms with Gasteiger partial charge in [0.25, 0.3) is 0 Å². The standard InChI is InChI=1S/C18H18N4O2/c23-18(24)16(13-15-9-5-2-6-10-15)22-17(19-20-21-22)12-11-14-7-3-1-4-8-14/h1-10,16H,11-13H2,(H,23,24). The Morgan fingerprint density at radius 2 is 1.58 bits per heavy atom. The Bertz CT molecular complexity index is 787. The van der Waals surface area contributed by atoms with Crippen LogP contribution in [0.25, 0.3) is 0 Å². The fourth-order valence-corrected chi connectivity index (χ4v) is 2.64. The lowest BCUT2D eigenvalue weighted by atomic mass is 10.1. The molecule has 0 bridgehead atoms. The normalized spacial score (nSPS) is 12.0. The average molecular weight is 322 g/mol. The topological polar surface area (TPSA) is 80.9 Å². The van der Waals surface area contributed by atoms with Gasteiger partial charge < -0.3 is 5.11 Å². The third kappa shape index (κ3) is 3.84. The SMILES string of the molecule is O=C(O)C(Cc1ccccc1)n1nnnc1CCc1ccccc1. The van der Waals surface area contributed by atoms with E-state index in [1.807, 2.05) is 60.7 Å². The number of rotatable bonds is 7. The van der Waals surface area contributed by atoms with E-state index in [0.717, 1.165) is 12.0 Å². The molecule has 0 aliphatic heterocycles. The summed E-state index contributed by atoms with van der Waals surface area (Å²) in [6.45, 7) is 0.